The van der Waals surface area contributed by atoms with E-state index < -0.39 is 11.8 Å². The molecule has 1 N–H and O–H groups in total. The third-order valence-electron chi connectivity index (χ3n) is 6.59. The molecule has 4 aromatic rings. The average molecular weight is 461 g/mol. The van der Waals surface area contributed by atoms with E-state index in [0.717, 1.165) is 24.0 Å². The molecule has 35 heavy (non-hydrogen) atoms. The Labute approximate surface area is 203 Å². The highest BCUT2D eigenvalue weighted by Gasteiger charge is 2.39. The fraction of sp³-hybridized carbons (Fsp3) is 0.129. The van der Waals surface area contributed by atoms with Crippen LogP contribution >= 0.6 is 0 Å². The van der Waals surface area contributed by atoms with Crippen molar-refractivity contribution in [1.82, 2.24) is 0 Å². The second-order valence-corrected chi connectivity index (χ2v) is 8.70. The number of hydrogen-bond donors (Lipinski definition) is 1. The standard InChI is InChI=1S/C31H24O4/c1-2-3-16-23-24(19-12-6-4-7-13-19)25(20-14-8-5-9-15-20)28(31(34)35)27-26(23)29(32)21-17-10-11-18-22(21)30(27)33/h4-15,17-18H,2-3,16H2,1H3,(H,34,35). The number of rotatable bonds is 6. The van der Waals surface area contributed by atoms with Gasteiger partial charge < -0.3 is 5.11 Å². The summed E-state index contributed by atoms with van der Waals surface area (Å²) < 4.78 is 0. The van der Waals surface area contributed by atoms with Crippen LogP contribution in [0.2, 0.25) is 0 Å². The number of unbranched alkanes of at least 4 members (excludes halogenated alkanes) is 1. The molecular weight excluding hydrogens is 436 g/mol. The van der Waals surface area contributed by atoms with Crippen molar-refractivity contribution in [2.75, 3.05) is 0 Å². The Morgan fingerprint density at radius 3 is 1.66 bits per heavy atom. The number of benzene rings is 4. The van der Waals surface area contributed by atoms with E-state index in [2.05, 4.69) is 6.92 Å². The number of carboxylic acid groups (broad SMARTS) is 1. The van der Waals surface area contributed by atoms with E-state index in [-0.39, 0.29) is 28.0 Å². The molecule has 4 heteroatoms. The minimum atomic E-state index is -1.22. The van der Waals surface area contributed by atoms with Crippen molar-refractivity contribution in [3.63, 3.8) is 0 Å². The van der Waals surface area contributed by atoms with Crippen molar-refractivity contribution in [3.8, 4) is 22.3 Å². The summed E-state index contributed by atoms with van der Waals surface area (Å²) in [5.74, 6) is -1.93. The van der Waals surface area contributed by atoms with Crippen molar-refractivity contribution in [3.05, 3.63) is 118 Å². The first-order valence-corrected chi connectivity index (χ1v) is 11.8. The highest BCUT2D eigenvalue weighted by atomic mass is 16.4. The maximum Gasteiger partial charge on any atom is 0.337 e. The summed E-state index contributed by atoms with van der Waals surface area (Å²) >= 11 is 0. The molecule has 0 aliphatic heterocycles. The minimum absolute atomic E-state index is 0.00540. The van der Waals surface area contributed by atoms with Gasteiger partial charge in [0.15, 0.2) is 11.6 Å². The van der Waals surface area contributed by atoms with E-state index in [1.807, 2.05) is 60.7 Å². The number of hydrogen-bond acceptors (Lipinski definition) is 3. The van der Waals surface area contributed by atoms with Crippen molar-refractivity contribution in [2.45, 2.75) is 26.2 Å². The molecule has 0 radical (unpaired) electrons. The van der Waals surface area contributed by atoms with E-state index in [1.54, 1.807) is 24.3 Å². The number of carbonyl (C=O) groups excluding carboxylic acids is 2. The van der Waals surface area contributed by atoms with Crippen LogP contribution in [0.3, 0.4) is 0 Å². The Kier molecular flexibility index (Phi) is 5.87. The zero-order valence-electron chi connectivity index (χ0n) is 19.4. The van der Waals surface area contributed by atoms with Crippen LogP contribution in [0.25, 0.3) is 22.3 Å². The van der Waals surface area contributed by atoms with E-state index in [0.29, 0.717) is 28.7 Å². The van der Waals surface area contributed by atoms with Gasteiger partial charge in [-0.1, -0.05) is 98.3 Å². The molecule has 0 atom stereocenters. The van der Waals surface area contributed by atoms with Gasteiger partial charge in [-0.15, -0.1) is 0 Å². The summed E-state index contributed by atoms with van der Waals surface area (Å²) in [6, 6.07) is 25.5. The van der Waals surface area contributed by atoms with Crippen LogP contribution in [-0.4, -0.2) is 22.6 Å². The van der Waals surface area contributed by atoms with E-state index in [9.17, 15) is 19.5 Å². The van der Waals surface area contributed by atoms with Gasteiger partial charge in [0, 0.05) is 27.8 Å². The van der Waals surface area contributed by atoms with Crippen LogP contribution in [0.5, 0.6) is 0 Å². The van der Waals surface area contributed by atoms with Gasteiger partial charge in [-0.2, -0.15) is 0 Å². The number of carbonyl (C=O) groups is 3. The maximum atomic E-state index is 13.9. The van der Waals surface area contributed by atoms with Gasteiger partial charge in [0.05, 0.1) is 5.56 Å². The molecule has 1 aliphatic carbocycles. The second kappa shape index (κ2) is 9.15. The normalized spacial score (nSPS) is 12.3. The Morgan fingerprint density at radius 1 is 0.657 bits per heavy atom. The minimum Gasteiger partial charge on any atom is -0.478 e. The molecule has 0 saturated heterocycles. The summed E-state index contributed by atoms with van der Waals surface area (Å²) in [4.78, 5) is 40.6. The zero-order valence-corrected chi connectivity index (χ0v) is 19.4. The number of aromatic carboxylic acids is 1. The zero-order chi connectivity index (χ0) is 24.5. The van der Waals surface area contributed by atoms with Crippen LogP contribution in [0.1, 0.15) is 67.5 Å². The maximum absolute atomic E-state index is 13.9. The van der Waals surface area contributed by atoms with E-state index >= 15 is 0 Å². The molecule has 0 heterocycles. The van der Waals surface area contributed by atoms with Crippen LogP contribution in [0.4, 0.5) is 0 Å². The third kappa shape index (κ3) is 3.68. The molecule has 0 spiro atoms. The van der Waals surface area contributed by atoms with Gasteiger partial charge in [0.2, 0.25) is 0 Å². The highest BCUT2D eigenvalue weighted by molar-refractivity contribution is 6.32. The largest absolute Gasteiger partial charge is 0.478 e. The molecule has 0 amide bonds. The Bertz CT molecular complexity index is 1470. The molecule has 5 rings (SSSR count). The molecule has 4 aromatic carbocycles. The lowest BCUT2D eigenvalue weighted by molar-refractivity contribution is 0.0693. The Hall–Kier alpha value is -4.31. The summed E-state index contributed by atoms with van der Waals surface area (Å²) in [5.41, 5.74) is 4.15. The third-order valence-corrected chi connectivity index (χ3v) is 6.59. The molecule has 172 valence electrons. The van der Waals surface area contributed by atoms with Gasteiger partial charge in [0.1, 0.15) is 0 Å². The molecule has 0 saturated carbocycles. The number of ketones is 2. The SMILES string of the molecule is CCCCc1c2c(c(C(=O)O)c(-c3ccccc3)c1-c1ccccc1)C(=O)c1ccccc1C2=O. The molecule has 1 aliphatic rings. The van der Waals surface area contributed by atoms with Crippen molar-refractivity contribution < 1.29 is 19.5 Å². The Balaban J connectivity index is 2.01. The number of fused-ring (bicyclic) bond motifs is 2. The lowest BCUT2D eigenvalue weighted by atomic mass is 9.73. The summed E-state index contributed by atoms with van der Waals surface area (Å²) in [5, 5.41) is 10.5. The lowest BCUT2D eigenvalue weighted by Gasteiger charge is -2.28. The molecular formula is C31H24O4. The highest BCUT2D eigenvalue weighted by Crippen LogP contribution is 2.45. The molecule has 0 unspecified atom stereocenters. The van der Waals surface area contributed by atoms with E-state index in [1.165, 1.54) is 0 Å². The molecule has 0 bridgehead atoms. The molecule has 0 fully saturated rings. The van der Waals surface area contributed by atoms with Crippen LogP contribution in [0, 0.1) is 0 Å². The van der Waals surface area contributed by atoms with Crippen LogP contribution in [-0.2, 0) is 6.42 Å². The van der Waals surface area contributed by atoms with Crippen LogP contribution < -0.4 is 0 Å². The monoisotopic (exact) mass is 460 g/mol. The second-order valence-electron chi connectivity index (χ2n) is 8.70. The lowest BCUT2D eigenvalue weighted by Crippen LogP contribution is -2.27. The first kappa shape index (κ1) is 22.5. The quantitative estimate of drug-likeness (QED) is 0.301. The summed E-state index contributed by atoms with van der Waals surface area (Å²) in [6.45, 7) is 2.07. The summed E-state index contributed by atoms with van der Waals surface area (Å²) in [7, 11) is 0. The van der Waals surface area contributed by atoms with Gasteiger partial charge in [-0.25, -0.2) is 4.79 Å². The molecule has 4 nitrogen and oxygen atoms in total. The van der Waals surface area contributed by atoms with Crippen LogP contribution in [0.15, 0.2) is 84.9 Å². The fourth-order valence-electron chi connectivity index (χ4n) is 5.06. The first-order chi connectivity index (χ1) is 17.0. The van der Waals surface area contributed by atoms with Crippen molar-refractivity contribution in [1.29, 1.82) is 0 Å². The fourth-order valence-corrected chi connectivity index (χ4v) is 5.06. The smallest absolute Gasteiger partial charge is 0.337 e. The topological polar surface area (TPSA) is 71.4 Å². The Morgan fingerprint density at radius 2 is 1.14 bits per heavy atom. The van der Waals surface area contributed by atoms with Gasteiger partial charge in [-0.05, 0) is 35.1 Å². The van der Waals surface area contributed by atoms with Gasteiger partial charge in [-0.3, -0.25) is 9.59 Å². The summed E-state index contributed by atoms with van der Waals surface area (Å²) in [6.07, 6.45) is 2.25. The predicted octanol–water partition coefficient (Wildman–Crippen LogP) is 6.84. The first-order valence-electron chi connectivity index (χ1n) is 11.8. The predicted molar refractivity (Wildman–Crippen MR) is 136 cm³/mol. The van der Waals surface area contributed by atoms with Crippen molar-refractivity contribution in [2.24, 2.45) is 0 Å². The number of carboxylic acids is 1. The average Bonchev–Trinajstić information content (AvgIpc) is 2.90. The molecule has 0 aromatic heterocycles. The van der Waals surface area contributed by atoms with Crippen molar-refractivity contribution >= 4 is 17.5 Å². The van der Waals surface area contributed by atoms with Gasteiger partial charge in [0.25, 0.3) is 0 Å². The van der Waals surface area contributed by atoms with E-state index in [4.69, 9.17) is 0 Å². The van der Waals surface area contributed by atoms with Gasteiger partial charge >= 0.3 is 5.97 Å².